The molecule has 1 fully saturated rings. The largest absolute Gasteiger partial charge is 0.329 e. The maximum absolute atomic E-state index is 12.7. The Hall–Kier alpha value is -1.51. The quantitative estimate of drug-likeness (QED) is 0.607. The highest BCUT2D eigenvalue weighted by atomic mass is 32.2. The van der Waals surface area contributed by atoms with Crippen LogP contribution in [0.5, 0.6) is 0 Å². The van der Waals surface area contributed by atoms with Crippen LogP contribution in [0, 0.1) is 23.0 Å². The van der Waals surface area contributed by atoms with Gasteiger partial charge < -0.3 is 5.73 Å². The minimum absolute atomic E-state index is 0.0547. The van der Waals surface area contributed by atoms with Crippen molar-refractivity contribution in [1.29, 1.82) is 0 Å². The minimum Gasteiger partial charge on any atom is -0.329 e. The molecule has 23 heavy (non-hydrogen) atoms. The second-order valence-corrected chi connectivity index (χ2v) is 7.70. The zero-order valence-corrected chi connectivity index (χ0v) is 14.0. The van der Waals surface area contributed by atoms with E-state index in [1.165, 1.54) is 31.5 Å². The third-order valence-corrected chi connectivity index (χ3v) is 6.16. The van der Waals surface area contributed by atoms with Crippen LogP contribution in [0.15, 0.2) is 23.1 Å². The molecule has 128 valence electrons. The molecular formula is C15H23N3O4S. The van der Waals surface area contributed by atoms with Gasteiger partial charge in [-0.15, -0.1) is 0 Å². The molecule has 1 aromatic carbocycles. The summed E-state index contributed by atoms with van der Waals surface area (Å²) in [6.07, 6.45) is 5.25. The van der Waals surface area contributed by atoms with Crippen LogP contribution in [-0.2, 0) is 10.0 Å². The predicted molar refractivity (Wildman–Crippen MR) is 87.6 cm³/mol. The van der Waals surface area contributed by atoms with Gasteiger partial charge in [-0.3, -0.25) is 10.1 Å². The Labute approximate surface area is 136 Å². The van der Waals surface area contributed by atoms with Gasteiger partial charge in [0.1, 0.15) is 0 Å². The number of sulfonamides is 1. The van der Waals surface area contributed by atoms with Gasteiger partial charge in [0.25, 0.3) is 5.69 Å². The summed E-state index contributed by atoms with van der Waals surface area (Å²) in [5.74, 6) is 0.225. The number of nitrogens with zero attached hydrogens (tertiary/aromatic N) is 1. The Morgan fingerprint density at radius 1 is 1.35 bits per heavy atom. The fraction of sp³-hybridized carbons (Fsp3) is 0.600. The summed E-state index contributed by atoms with van der Waals surface area (Å²) in [5.41, 5.74) is 5.71. The Morgan fingerprint density at radius 2 is 2.00 bits per heavy atom. The van der Waals surface area contributed by atoms with E-state index >= 15 is 0 Å². The highest BCUT2D eigenvalue weighted by Crippen LogP contribution is 2.28. The number of hydrogen-bond donors (Lipinski definition) is 2. The normalized spacial score (nSPS) is 17.8. The van der Waals surface area contributed by atoms with Gasteiger partial charge in [0.15, 0.2) is 0 Å². The van der Waals surface area contributed by atoms with Crippen LogP contribution < -0.4 is 10.5 Å². The zero-order valence-electron chi connectivity index (χ0n) is 13.2. The average molecular weight is 341 g/mol. The van der Waals surface area contributed by atoms with Crippen molar-refractivity contribution in [3.63, 3.8) is 0 Å². The van der Waals surface area contributed by atoms with Crippen molar-refractivity contribution in [3.05, 3.63) is 33.9 Å². The maximum Gasteiger partial charge on any atom is 0.273 e. The van der Waals surface area contributed by atoms with Gasteiger partial charge in [-0.2, -0.15) is 0 Å². The standard InChI is InChI=1S/C15H23N3O4S/c1-11-14(18(19)20)8-5-9-15(11)23(21,22)17-13(10-16)12-6-3-2-4-7-12/h5,8-9,12-13,17H,2-4,6-7,10,16H2,1H3. The van der Waals surface area contributed by atoms with Crippen LogP contribution in [-0.4, -0.2) is 25.9 Å². The number of hydrogen-bond acceptors (Lipinski definition) is 5. The van der Waals surface area contributed by atoms with Crippen LogP contribution >= 0.6 is 0 Å². The minimum atomic E-state index is -3.84. The second-order valence-electron chi connectivity index (χ2n) is 6.02. The lowest BCUT2D eigenvalue weighted by Crippen LogP contribution is -2.45. The fourth-order valence-electron chi connectivity index (χ4n) is 3.23. The molecule has 1 aromatic rings. The van der Waals surface area contributed by atoms with Crippen molar-refractivity contribution in [2.75, 3.05) is 6.54 Å². The first-order valence-corrected chi connectivity index (χ1v) is 9.31. The third-order valence-electron chi connectivity index (χ3n) is 4.52. The van der Waals surface area contributed by atoms with Gasteiger partial charge >= 0.3 is 0 Å². The maximum atomic E-state index is 12.7. The lowest BCUT2D eigenvalue weighted by atomic mass is 9.84. The van der Waals surface area contributed by atoms with Crippen LogP contribution in [0.1, 0.15) is 37.7 Å². The first-order chi connectivity index (χ1) is 10.9. The van der Waals surface area contributed by atoms with Gasteiger partial charge in [-0.05, 0) is 31.7 Å². The van der Waals surface area contributed by atoms with Crippen molar-refractivity contribution in [1.82, 2.24) is 4.72 Å². The molecule has 1 aliphatic carbocycles. The number of benzene rings is 1. The van der Waals surface area contributed by atoms with Crippen molar-refractivity contribution in [2.45, 2.75) is 50.0 Å². The fourth-order valence-corrected chi connectivity index (χ4v) is 4.81. The first kappa shape index (κ1) is 17.8. The molecule has 8 heteroatoms. The molecule has 1 unspecified atom stereocenters. The third kappa shape index (κ3) is 4.07. The smallest absolute Gasteiger partial charge is 0.273 e. The van der Waals surface area contributed by atoms with E-state index in [0.717, 1.165) is 25.7 Å². The molecule has 0 radical (unpaired) electrons. The topological polar surface area (TPSA) is 115 Å². The number of nitro benzene ring substituents is 1. The van der Waals surface area contributed by atoms with Crippen LogP contribution in [0.25, 0.3) is 0 Å². The molecule has 0 aromatic heterocycles. The molecule has 7 nitrogen and oxygen atoms in total. The zero-order chi connectivity index (χ0) is 17.0. The Kier molecular flexibility index (Phi) is 5.72. The van der Waals surface area contributed by atoms with Gasteiger partial charge in [-0.25, -0.2) is 13.1 Å². The second kappa shape index (κ2) is 7.37. The number of nitro groups is 1. The molecule has 1 atom stereocenters. The van der Waals surface area contributed by atoms with E-state index < -0.39 is 14.9 Å². The molecule has 0 amide bonds. The summed E-state index contributed by atoms with van der Waals surface area (Å²) in [6.45, 7) is 1.67. The van der Waals surface area contributed by atoms with Crippen molar-refractivity contribution in [2.24, 2.45) is 11.7 Å². The highest BCUT2D eigenvalue weighted by molar-refractivity contribution is 7.89. The molecule has 0 bridgehead atoms. The summed E-state index contributed by atoms with van der Waals surface area (Å²) >= 11 is 0. The molecule has 0 spiro atoms. The monoisotopic (exact) mass is 341 g/mol. The molecule has 0 saturated heterocycles. The van der Waals surface area contributed by atoms with Gasteiger partial charge in [0.05, 0.1) is 9.82 Å². The lowest BCUT2D eigenvalue weighted by molar-refractivity contribution is -0.385. The Balaban J connectivity index is 2.27. The van der Waals surface area contributed by atoms with Gasteiger partial charge in [-0.1, -0.05) is 25.3 Å². The van der Waals surface area contributed by atoms with E-state index in [0.29, 0.717) is 0 Å². The molecule has 2 rings (SSSR count). The first-order valence-electron chi connectivity index (χ1n) is 7.83. The molecular weight excluding hydrogens is 318 g/mol. The Bertz CT molecular complexity index is 669. The summed E-state index contributed by atoms with van der Waals surface area (Å²) in [5, 5.41) is 11.0. The van der Waals surface area contributed by atoms with E-state index in [1.807, 2.05) is 0 Å². The molecule has 3 N–H and O–H groups in total. The van der Waals surface area contributed by atoms with E-state index in [-0.39, 0.29) is 34.7 Å². The Morgan fingerprint density at radius 3 is 2.57 bits per heavy atom. The van der Waals surface area contributed by atoms with Gasteiger partial charge in [0, 0.05) is 24.2 Å². The van der Waals surface area contributed by atoms with E-state index in [2.05, 4.69) is 4.72 Å². The van der Waals surface area contributed by atoms with Crippen molar-refractivity contribution in [3.8, 4) is 0 Å². The summed E-state index contributed by atoms with van der Waals surface area (Å²) < 4.78 is 28.0. The summed E-state index contributed by atoms with van der Waals surface area (Å²) in [6, 6.07) is 3.74. The number of nitrogens with two attached hydrogens (primary N) is 1. The predicted octanol–water partition coefficient (Wildman–Crippen LogP) is 2.09. The van der Waals surface area contributed by atoms with E-state index in [4.69, 9.17) is 5.73 Å². The van der Waals surface area contributed by atoms with E-state index in [9.17, 15) is 18.5 Å². The number of rotatable bonds is 6. The van der Waals surface area contributed by atoms with E-state index in [1.54, 1.807) is 0 Å². The molecule has 0 heterocycles. The molecule has 1 saturated carbocycles. The van der Waals surface area contributed by atoms with Crippen molar-refractivity contribution < 1.29 is 13.3 Å². The number of nitrogens with one attached hydrogen (secondary N) is 1. The highest BCUT2D eigenvalue weighted by Gasteiger charge is 2.29. The average Bonchev–Trinajstić information content (AvgIpc) is 2.53. The van der Waals surface area contributed by atoms with Crippen molar-refractivity contribution >= 4 is 15.7 Å². The van der Waals surface area contributed by atoms with Gasteiger partial charge in [0.2, 0.25) is 10.0 Å². The summed E-state index contributed by atoms with van der Waals surface area (Å²) in [7, 11) is -3.84. The lowest BCUT2D eigenvalue weighted by Gasteiger charge is -2.30. The SMILES string of the molecule is Cc1c([N+](=O)[O-])cccc1S(=O)(=O)NC(CN)C1CCCCC1. The van der Waals surface area contributed by atoms with Crippen LogP contribution in [0.2, 0.25) is 0 Å². The van der Waals surface area contributed by atoms with Crippen LogP contribution in [0.4, 0.5) is 5.69 Å². The van der Waals surface area contributed by atoms with Crippen LogP contribution in [0.3, 0.4) is 0 Å². The summed E-state index contributed by atoms with van der Waals surface area (Å²) in [4.78, 5) is 10.4. The molecule has 1 aliphatic rings. The molecule has 0 aliphatic heterocycles.